The second kappa shape index (κ2) is 5.96. The van der Waals surface area contributed by atoms with Crippen LogP contribution in [0.25, 0.3) is 0 Å². The first-order chi connectivity index (χ1) is 8.69. The molecule has 0 aromatic heterocycles. The highest BCUT2D eigenvalue weighted by atomic mass is 16.5. The Morgan fingerprint density at radius 2 is 2.11 bits per heavy atom. The molecule has 1 aromatic carbocycles. The summed E-state index contributed by atoms with van der Waals surface area (Å²) in [6.45, 7) is 5.77. The van der Waals surface area contributed by atoms with Crippen LogP contribution in [0.2, 0.25) is 0 Å². The van der Waals surface area contributed by atoms with E-state index in [4.69, 9.17) is 10.5 Å². The van der Waals surface area contributed by atoms with E-state index in [2.05, 4.69) is 17.1 Å². The quantitative estimate of drug-likeness (QED) is 0.785. The maximum atomic E-state index is 5.80. The van der Waals surface area contributed by atoms with E-state index in [1.54, 1.807) is 7.11 Å². The number of ether oxygens (including phenoxy) is 1. The zero-order chi connectivity index (χ0) is 13.0. The van der Waals surface area contributed by atoms with Crippen molar-refractivity contribution in [2.24, 2.45) is 0 Å². The number of hydrogen-bond acceptors (Lipinski definition) is 4. The van der Waals surface area contributed by atoms with E-state index in [1.807, 2.05) is 18.2 Å². The summed E-state index contributed by atoms with van der Waals surface area (Å²) >= 11 is 0. The smallest absolute Gasteiger partial charge is 0.143 e. The highest BCUT2D eigenvalue weighted by molar-refractivity contribution is 5.61. The van der Waals surface area contributed by atoms with Crippen molar-refractivity contribution in [1.82, 2.24) is 4.90 Å². The molecule has 1 fully saturated rings. The Kier molecular flexibility index (Phi) is 4.31. The van der Waals surface area contributed by atoms with Gasteiger partial charge in [0.1, 0.15) is 5.75 Å². The predicted molar refractivity (Wildman–Crippen MR) is 76.2 cm³/mol. The van der Waals surface area contributed by atoms with Crippen molar-refractivity contribution in [3.63, 3.8) is 0 Å². The SMILES string of the molecule is COc1cc(NC(C)CN2CCCC2)ccc1N. The minimum atomic E-state index is 0.427. The van der Waals surface area contributed by atoms with Crippen LogP contribution in [0.1, 0.15) is 19.8 Å². The summed E-state index contributed by atoms with van der Waals surface area (Å²) in [6.07, 6.45) is 2.67. The van der Waals surface area contributed by atoms with Crippen molar-refractivity contribution >= 4 is 11.4 Å². The normalized spacial score (nSPS) is 17.7. The molecule has 2 rings (SSSR count). The zero-order valence-electron chi connectivity index (χ0n) is 11.3. The van der Waals surface area contributed by atoms with Crippen LogP contribution in [-0.2, 0) is 0 Å². The van der Waals surface area contributed by atoms with Gasteiger partial charge in [0.05, 0.1) is 12.8 Å². The Morgan fingerprint density at radius 1 is 1.39 bits per heavy atom. The number of methoxy groups -OCH3 is 1. The van der Waals surface area contributed by atoms with Gasteiger partial charge in [-0.1, -0.05) is 0 Å². The van der Waals surface area contributed by atoms with Crippen molar-refractivity contribution in [1.29, 1.82) is 0 Å². The lowest BCUT2D eigenvalue weighted by atomic mass is 10.2. The summed E-state index contributed by atoms with van der Waals surface area (Å²) < 4.78 is 5.23. The molecule has 18 heavy (non-hydrogen) atoms. The fourth-order valence-electron chi connectivity index (χ4n) is 2.48. The molecular weight excluding hydrogens is 226 g/mol. The van der Waals surface area contributed by atoms with Crippen LogP contribution in [0.15, 0.2) is 18.2 Å². The highest BCUT2D eigenvalue weighted by Crippen LogP contribution is 2.25. The zero-order valence-corrected chi connectivity index (χ0v) is 11.3. The van der Waals surface area contributed by atoms with Crippen molar-refractivity contribution < 1.29 is 4.74 Å². The van der Waals surface area contributed by atoms with Crippen LogP contribution < -0.4 is 15.8 Å². The van der Waals surface area contributed by atoms with Gasteiger partial charge in [-0.05, 0) is 45.0 Å². The molecule has 100 valence electrons. The third kappa shape index (κ3) is 3.29. The number of nitrogens with two attached hydrogens (primary N) is 1. The number of anilines is 2. The first-order valence-electron chi connectivity index (χ1n) is 6.61. The third-order valence-corrected chi connectivity index (χ3v) is 3.38. The van der Waals surface area contributed by atoms with Gasteiger partial charge in [0, 0.05) is 24.3 Å². The maximum Gasteiger partial charge on any atom is 0.143 e. The van der Waals surface area contributed by atoms with E-state index < -0.39 is 0 Å². The molecule has 3 N–H and O–H groups in total. The fourth-order valence-corrected chi connectivity index (χ4v) is 2.48. The molecule has 1 aromatic rings. The fraction of sp³-hybridized carbons (Fsp3) is 0.571. The maximum absolute atomic E-state index is 5.80. The van der Waals surface area contributed by atoms with Gasteiger partial charge in [0.15, 0.2) is 0 Å². The van der Waals surface area contributed by atoms with Gasteiger partial charge in [-0.3, -0.25) is 0 Å². The van der Waals surface area contributed by atoms with E-state index in [9.17, 15) is 0 Å². The summed E-state index contributed by atoms with van der Waals surface area (Å²) in [4.78, 5) is 2.51. The third-order valence-electron chi connectivity index (χ3n) is 3.38. The standard InChI is InChI=1S/C14H23N3O/c1-11(10-17-7-3-4-8-17)16-12-5-6-13(15)14(9-12)18-2/h5-6,9,11,16H,3-4,7-8,10,15H2,1-2H3. The molecule has 1 aliphatic rings. The molecular formula is C14H23N3O. The second-order valence-electron chi connectivity index (χ2n) is 5.01. The molecule has 1 saturated heterocycles. The Morgan fingerprint density at radius 3 is 2.78 bits per heavy atom. The van der Waals surface area contributed by atoms with Gasteiger partial charge >= 0.3 is 0 Å². The number of rotatable bonds is 5. The van der Waals surface area contributed by atoms with E-state index in [1.165, 1.54) is 25.9 Å². The highest BCUT2D eigenvalue weighted by Gasteiger charge is 2.14. The van der Waals surface area contributed by atoms with E-state index in [-0.39, 0.29) is 0 Å². The van der Waals surface area contributed by atoms with Crippen LogP contribution in [0.3, 0.4) is 0 Å². The summed E-state index contributed by atoms with van der Waals surface area (Å²) in [5.41, 5.74) is 7.54. The Bertz CT molecular complexity index is 389. The van der Waals surface area contributed by atoms with Gasteiger partial charge < -0.3 is 20.7 Å². The lowest BCUT2D eigenvalue weighted by molar-refractivity contribution is 0.328. The summed E-state index contributed by atoms with van der Waals surface area (Å²) in [6, 6.07) is 6.26. The minimum Gasteiger partial charge on any atom is -0.495 e. The molecule has 0 amide bonds. The molecule has 1 aliphatic heterocycles. The number of benzene rings is 1. The summed E-state index contributed by atoms with van der Waals surface area (Å²) in [7, 11) is 1.64. The summed E-state index contributed by atoms with van der Waals surface area (Å²) in [5, 5.41) is 3.49. The molecule has 1 heterocycles. The monoisotopic (exact) mass is 249 g/mol. The van der Waals surface area contributed by atoms with Gasteiger partial charge in [-0.15, -0.1) is 0 Å². The van der Waals surface area contributed by atoms with Gasteiger partial charge in [-0.2, -0.15) is 0 Å². The van der Waals surface area contributed by atoms with Crippen molar-refractivity contribution in [2.45, 2.75) is 25.8 Å². The molecule has 0 aliphatic carbocycles. The van der Waals surface area contributed by atoms with Crippen LogP contribution in [0.4, 0.5) is 11.4 Å². The van der Waals surface area contributed by atoms with Crippen molar-refractivity contribution in [3.8, 4) is 5.75 Å². The van der Waals surface area contributed by atoms with E-state index >= 15 is 0 Å². The largest absolute Gasteiger partial charge is 0.495 e. The Hall–Kier alpha value is -1.42. The first-order valence-corrected chi connectivity index (χ1v) is 6.61. The lowest BCUT2D eigenvalue weighted by Crippen LogP contribution is -2.32. The topological polar surface area (TPSA) is 50.5 Å². The van der Waals surface area contributed by atoms with Gasteiger partial charge in [0.25, 0.3) is 0 Å². The molecule has 1 atom stereocenters. The molecule has 4 nitrogen and oxygen atoms in total. The molecule has 0 saturated carbocycles. The predicted octanol–water partition coefficient (Wildman–Crippen LogP) is 2.17. The van der Waals surface area contributed by atoms with Crippen molar-refractivity contribution in [3.05, 3.63) is 18.2 Å². The average molecular weight is 249 g/mol. The molecule has 4 heteroatoms. The molecule has 1 unspecified atom stereocenters. The Labute approximate surface area is 109 Å². The first kappa shape index (κ1) is 13.0. The number of nitrogen functional groups attached to an aromatic ring is 1. The molecule has 0 spiro atoms. The molecule has 0 bridgehead atoms. The number of hydrogen-bond donors (Lipinski definition) is 2. The van der Waals surface area contributed by atoms with Gasteiger partial charge in [-0.25, -0.2) is 0 Å². The van der Waals surface area contributed by atoms with Gasteiger partial charge in [0.2, 0.25) is 0 Å². The molecule has 0 radical (unpaired) electrons. The number of likely N-dealkylation sites (tertiary alicyclic amines) is 1. The average Bonchev–Trinajstić information content (AvgIpc) is 2.84. The minimum absolute atomic E-state index is 0.427. The van der Waals surface area contributed by atoms with E-state index in [0.29, 0.717) is 11.7 Å². The van der Waals surface area contributed by atoms with Crippen LogP contribution in [0, 0.1) is 0 Å². The van der Waals surface area contributed by atoms with Crippen LogP contribution in [-0.4, -0.2) is 37.7 Å². The Balaban J connectivity index is 1.91. The number of nitrogens with zero attached hydrogens (tertiary/aromatic N) is 1. The lowest BCUT2D eigenvalue weighted by Gasteiger charge is -2.22. The summed E-state index contributed by atoms with van der Waals surface area (Å²) in [5.74, 6) is 0.730. The number of nitrogens with one attached hydrogen (secondary N) is 1. The van der Waals surface area contributed by atoms with Crippen LogP contribution >= 0.6 is 0 Å². The van der Waals surface area contributed by atoms with Crippen molar-refractivity contribution in [2.75, 3.05) is 37.8 Å². The second-order valence-corrected chi connectivity index (χ2v) is 5.01. The van der Waals surface area contributed by atoms with E-state index in [0.717, 1.165) is 18.0 Å². The van der Waals surface area contributed by atoms with Crippen LogP contribution in [0.5, 0.6) is 5.75 Å².